The first-order chi connectivity index (χ1) is 24.9. The van der Waals surface area contributed by atoms with Gasteiger partial charge in [0.2, 0.25) is 0 Å². The Balaban J connectivity index is 0.000000278. The number of benzene rings is 3. The molecule has 1 aromatic heterocycles. The number of aryl methyl sites for hydroxylation is 2. The Morgan fingerprint density at radius 3 is 2.11 bits per heavy atom. The Hall–Kier alpha value is -7.10. The van der Waals surface area contributed by atoms with Gasteiger partial charge in [0.25, 0.3) is 0 Å². The van der Waals surface area contributed by atoms with Gasteiger partial charge in [-0.1, -0.05) is 11.6 Å². The molecule has 16 heteroatoms. The van der Waals surface area contributed by atoms with Crippen molar-refractivity contribution < 1.29 is 73.2 Å². The minimum absolute atomic E-state index is 0.0729. The quantitative estimate of drug-likeness (QED) is 0.0444. The second-order valence-corrected chi connectivity index (χ2v) is 11.8. The van der Waals surface area contributed by atoms with E-state index in [2.05, 4.69) is 0 Å². The number of hydrogen-bond acceptors (Lipinski definition) is 14. The van der Waals surface area contributed by atoms with Gasteiger partial charge in [-0.15, -0.1) is 0 Å². The number of carbonyl (C=O) groups is 5. The van der Waals surface area contributed by atoms with Crippen molar-refractivity contribution in [2.75, 3.05) is 0 Å². The van der Waals surface area contributed by atoms with Crippen LogP contribution in [-0.4, -0.2) is 60.8 Å². The molecule has 6 N–H and O–H groups in total. The van der Waals surface area contributed by atoms with Gasteiger partial charge in [0, 0.05) is 35.4 Å². The van der Waals surface area contributed by atoms with Crippen molar-refractivity contribution in [1.82, 2.24) is 0 Å². The molecule has 0 unspecified atom stereocenters. The lowest BCUT2D eigenvalue weighted by Crippen LogP contribution is -2.13. The zero-order valence-electron chi connectivity index (χ0n) is 28.7. The van der Waals surface area contributed by atoms with Crippen LogP contribution in [0.15, 0.2) is 51.2 Å². The summed E-state index contributed by atoms with van der Waals surface area (Å²) in [5.74, 6) is -7.75. The van der Waals surface area contributed by atoms with E-state index in [9.17, 15) is 54.3 Å². The largest absolute Gasteiger partial charge is 0.507 e. The van der Waals surface area contributed by atoms with Gasteiger partial charge in [0.05, 0.1) is 11.1 Å². The summed E-state index contributed by atoms with van der Waals surface area (Å²) in [5.41, 5.74) is -0.515. The first-order valence-electron chi connectivity index (χ1n) is 15.4. The summed E-state index contributed by atoms with van der Waals surface area (Å²) in [5, 5.41) is 59.1. The molecule has 4 aromatic rings. The first-order valence-corrected chi connectivity index (χ1v) is 15.4. The van der Waals surface area contributed by atoms with Crippen LogP contribution in [0.5, 0.6) is 40.2 Å². The van der Waals surface area contributed by atoms with Crippen LogP contribution in [0.3, 0.4) is 0 Å². The third kappa shape index (κ3) is 7.96. The molecule has 2 heterocycles. The number of allylic oxidation sites excluding steroid dienone is 2. The van der Waals surface area contributed by atoms with E-state index in [1.165, 1.54) is 26.0 Å². The molecule has 53 heavy (non-hydrogen) atoms. The zero-order valence-corrected chi connectivity index (χ0v) is 28.7. The molecule has 276 valence electrons. The average Bonchev–Trinajstić information content (AvgIpc) is 3.20. The highest BCUT2D eigenvalue weighted by atomic mass is 16.6. The average molecular weight is 733 g/mol. The van der Waals surface area contributed by atoms with E-state index in [0.717, 1.165) is 11.6 Å². The van der Waals surface area contributed by atoms with Crippen molar-refractivity contribution in [2.45, 2.75) is 47.6 Å². The minimum Gasteiger partial charge on any atom is -0.507 e. The van der Waals surface area contributed by atoms with Crippen molar-refractivity contribution in [3.63, 3.8) is 0 Å². The van der Waals surface area contributed by atoms with Crippen LogP contribution in [0.1, 0.15) is 72.9 Å². The molecule has 0 amide bonds. The van der Waals surface area contributed by atoms with Gasteiger partial charge in [-0.05, 0) is 52.7 Å². The lowest BCUT2D eigenvalue weighted by Gasteiger charge is -2.18. The molecule has 1 aliphatic rings. The SMILES string of the molecule is CC(C)=CCc1c(O)cc2oc(C)cc(=O)c2c1O.Cc1cc(O)c(C=O)c2c1C(=O)Oc1c(COC(=O)C=CC(=O)O)c(O)c(C(=O)O)c(C)c1O2. The number of phenolic OH excluding ortho intramolecular Hbond substituents is 3. The molecule has 16 nitrogen and oxygen atoms in total. The number of ether oxygens (including phenoxy) is 3. The van der Waals surface area contributed by atoms with Crippen molar-refractivity contribution in [2.24, 2.45) is 0 Å². The smallest absolute Gasteiger partial charge is 0.347 e. The number of carboxylic acid groups (broad SMARTS) is 2. The van der Waals surface area contributed by atoms with Crippen LogP contribution in [-0.2, 0) is 27.4 Å². The second kappa shape index (κ2) is 15.4. The Morgan fingerprint density at radius 1 is 0.830 bits per heavy atom. The second-order valence-electron chi connectivity index (χ2n) is 11.8. The molecule has 1 aliphatic heterocycles. The van der Waals surface area contributed by atoms with Crippen LogP contribution in [0, 0.1) is 20.8 Å². The number of aromatic carboxylic acids is 1. The maximum atomic E-state index is 12.9. The van der Waals surface area contributed by atoms with E-state index in [1.807, 2.05) is 19.9 Å². The van der Waals surface area contributed by atoms with E-state index >= 15 is 0 Å². The van der Waals surface area contributed by atoms with Crippen molar-refractivity contribution in [3.8, 4) is 40.2 Å². The van der Waals surface area contributed by atoms with E-state index < -0.39 is 70.2 Å². The van der Waals surface area contributed by atoms with Crippen molar-refractivity contribution >= 4 is 41.1 Å². The predicted octanol–water partition coefficient (Wildman–Crippen LogP) is 5.26. The van der Waals surface area contributed by atoms with Crippen LogP contribution < -0.4 is 14.9 Å². The Bertz CT molecular complexity index is 2340. The minimum atomic E-state index is -1.60. The van der Waals surface area contributed by atoms with Gasteiger partial charge in [-0.25, -0.2) is 19.2 Å². The van der Waals surface area contributed by atoms with Gasteiger partial charge >= 0.3 is 23.9 Å². The molecule has 5 rings (SSSR count). The third-order valence-electron chi connectivity index (χ3n) is 7.78. The number of hydrogen-bond donors (Lipinski definition) is 6. The van der Waals surface area contributed by atoms with Crippen LogP contribution in [0.4, 0.5) is 0 Å². The predicted molar refractivity (Wildman–Crippen MR) is 183 cm³/mol. The van der Waals surface area contributed by atoms with Gasteiger partial charge in [-0.3, -0.25) is 9.59 Å². The maximum absolute atomic E-state index is 12.9. The number of rotatable bonds is 8. The monoisotopic (exact) mass is 732 g/mol. The molecule has 0 spiro atoms. The molecule has 0 saturated heterocycles. The number of phenols is 4. The Labute approximate surface area is 299 Å². The van der Waals surface area contributed by atoms with E-state index in [4.69, 9.17) is 23.7 Å². The Morgan fingerprint density at radius 2 is 1.51 bits per heavy atom. The van der Waals surface area contributed by atoms with Gasteiger partial charge < -0.3 is 49.3 Å². The number of carbonyl (C=O) groups excluding carboxylic acids is 3. The molecule has 0 atom stereocenters. The molecule has 3 aromatic carbocycles. The number of carboxylic acids is 2. The summed E-state index contributed by atoms with van der Waals surface area (Å²) >= 11 is 0. The maximum Gasteiger partial charge on any atom is 0.347 e. The third-order valence-corrected chi connectivity index (χ3v) is 7.78. The van der Waals surface area contributed by atoms with Gasteiger partial charge in [0.1, 0.15) is 57.5 Å². The van der Waals surface area contributed by atoms with Crippen LogP contribution in [0.2, 0.25) is 0 Å². The standard InChI is InChI=1S/C22H16O12.C15H16O4/c1-8-5-12(24)10(6-23)19-15(8)22(31)34-20-11(7-32-14(27)4-3-13(25)26)17(28)16(21(29)30)9(2)18(20)33-19;1-8(2)4-5-10-11(16)7-13-14(15(10)18)12(17)6-9(3)19-13/h3-6,24,28H,7H2,1-2H3,(H,25,26)(H,29,30);4,6-7,16,18H,5H2,1-3H3. The van der Waals surface area contributed by atoms with E-state index in [0.29, 0.717) is 29.9 Å². The molecule has 0 saturated carbocycles. The molecule has 0 radical (unpaired) electrons. The summed E-state index contributed by atoms with van der Waals surface area (Å²) in [4.78, 5) is 70.5. The number of aromatic hydroxyl groups is 4. The van der Waals surface area contributed by atoms with E-state index in [1.54, 1.807) is 6.92 Å². The van der Waals surface area contributed by atoms with Crippen LogP contribution >= 0.6 is 0 Å². The fraction of sp³-hybridized carbons (Fsp3) is 0.189. The fourth-order valence-corrected chi connectivity index (χ4v) is 5.28. The van der Waals surface area contributed by atoms with Crippen molar-refractivity contribution in [1.29, 1.82) is 0 Å². The van der Waals surface area contributed by atoms with Crippen molar-refractivity contribution in [3.05, 3.63) is 96.9 Å². The van der Waals surface area contributed by atoms with E-state index in [-0.39, 0.29) is 56.6 Å². The lowest BCUT2D eigenvalue weighted by molar-refractivity contribution is -0.139. The number of aldehydes is 1. The fourth-order valence-electron chi connectivity index (χ4n) is 5.28. The molecular formula is C37H32O16. The summed E-state index contributed by atoms with van der Waals surface area (Å²) < 4.78 is 21.3. The molecule has 0 aliphatic carbocycles. The highest BCUT2D eigenvalue weighted by molar-refractivity contribution is 6.03. The normalized spacial score (nSPS) is 11.6. The number of aliphatic carboxylic acids is 1. The summed E-state index contributed by atoms with van der Waals surface area (Å²) in [6.45, 7) is 7.32. The zero-order chi connectivity index (χ0) is 39.5. The highest BCUT2D eigenvalue weighted by Crippen LogP contribution is 2.50. The summed E-state index contributed by atoms with van der Waals surface area (Å²) in [6.07, 6.45) is 3.54. The summed E-state index contributed by atoms with van der Waals surface area (Å²) in [7, 11) is 0. The van der Waals surface area contributed by atoms with Gasteiger partial charge in [-0.2, -0.15) is 0 Å². The molecular weight excluding hydrogens is 700 g/mol. The lowest BCUT2D eigenvalue weighted by atomic mass is 10.0. The number of esters is 2. The van der Waals surface area contributed by atoms with Gasteiger partial charge in [0.15, 0.2) is 29.0 Å². The van der Waals surface area contributed by atoms with Crippen LogP contribution in [0.25, 0.3) is 11.0 Å². The molecule has 0 bridgehead atoms. The first kappa shape index (κ1) is 38.7. The topological polar surface area (TPSA) is 265 Å². The Kier molecular flexibility index (Phi) is 11.3. The number of fused-ring (bicyclic) bond motifs is 3. The highest BCUT2D eigenvalue weighted by Gasteiger charge is 2.36. The molecule has 0 fully saturated rings. The summed E-state index contributed by atoms with van der Waals surface area (Å²) in [6, 6.07) is 3.83.